The molecule has 2 atom stereocenters. The molecule has 0 radical (unpaired) electrons. The zero-order valence-electron chi connectivity index (χ0n) is 16.4. The van der Waals surface area contributed by atoms with Crippen LogP contribution in [0.5, 0.6) is 5.75 Å². The fourth-order valence-corrected chi connectivity index (χ4v) is 3.26. The number of ether oxygens (including phenoxy) is 1. The molecular weight excluding hydrogens is 396 g/mol. The fourth-order valence-electron chi connectivity index (χ4n) is 3.26. The lowest BCUT2D eigenvalue weighted by molar-refractivity contribution is -0.135. The molecule has 30 heavy (non-hydrogen) atoms. The lowest BCUT2D eigenvalue weighted by Gasteiger charge is -2.22. The summed E-state index contributed by atoms with van der Waals surface area (Å²) in [6, 6.07) is 13.6. The predicted molar refractivity (Wildman–Crippen MR) is 104 cm³/mol. The Morgan fingerprint density at radius 1 is 1.13 bits per heavy atom. The van der Waals surface area contributed by atoms with Gasteiger partial charge in [0.25, 0.3) is 5.91 Å². The molecule has 2 aromatic carbocycles. The maximum absolute atomic E-state index is 12.9. The van der Waals surface area contributed by atoms with Gasteiger partial charge < -0.3 is 15.4 Å². The number of imide groups is 1. The summed E-state index contributed by atoms with van der Waals surface area (Å²) in [5.41, 5.74) is -0.159. The van der Waals surface area contributed by atoms with Gasteiger partial charge in [-0.05, 0) is 37.1 Å². The number of nitrogens with zero attached hydrogens (tertiary/aromatic N) is 1. The highest BCUT2D eigenvalue weighted by atomic mass is 19.3. The van der Waals surface area contributed by atoms with Crippen LogP contribution in [0.4, 0.5) is 13.6 Å². The smallest absolute Gasteiger partial charge is 0.387 e. The van der Waals surface area contributed by atoms with Crippen molar-refractivity contribution in [1.82, 2.24) is 15.5 Å². The highest BCUT2D eigenvalue weighted by molar-refractivity contribution is 6.09. The van der Waals surface area contributed by atoms with E-state index in [-0.39, 0.29) is 11.8 Å². The molecule has 1 fully saturated rings. The number of nitrogens with one attached hydrogen (secondary N) is 2. The van der Waals surface area contributed by atoms with Gasteiger partial charge in [-0.25, -0.2) is 4.79 Å². The minimum Gasteiger partial charge on any atom is -0.435 e. The van der Waals surface area contributed by atoms with Crippen molar-refractivity contribution in [2.75, 3.05) is 6.54 Å². The van der Waals surface area contributed by atoms with Crippen LogP contribution in [0.1, 0.15) is 31.0 Å². The normalized spacial score (nSPS) is 19.6. The maximum Gasteiger partial charge on any atom is 0.387 e. The van der Waals surface area contributed by atoms with Crippen LogP contribution in [-0.4, -0.2) is 35.9 Å². The maximum atomic E-state index is 12.9. The molecule has 0 saturated carbocycles. The minimum absolute atomic E-state index is 0.0692. The number of carbonyl (C=O) groups is 3. The van der Waals surface area contributed by atoms with Crippen LogP contribution in [0, 0.1) is 0 Å². The van der Waals surface area contributed by atoms with Crippen molar-refractivity contribution in [3.63, 3.8) is 0 Å². The van der Waals surface area contributed by atoms with Crippen molar-refractivity contribution in [3.05, 3.63) is 65.7 Å². The average Bonchev–Trinajstić information content (AvgIpc) is 2.92. The van der Waals surface area contributed by atoms with Gasteiger partial charge in [0.15, 0.2) is 0 Å². The third kappa shape index (κ3) is 4.40. The quantitative estimate of drug-likeness (QED) is 0.678. The molecule has 1 saturated heterocycles. The summed E-state index contributed by atoms with van der Waals surface area (Å²) in [7, 11) is 0. The number of amides is 4. The van der Waals surface area contributed by atoms with E-state index in [0.717, 1.165) is 10.5 Å². The first-order chi connectivity index (χ1) is 14.2. The largest absolute Gasteiger partial charge is 0.435 e. The van der Waals surface area contributed by atoms with Crippen LogP contribution in [-0.2, 0) is 15.1 Å². The second-order valence-electron chi connectivity index (χ2n) is 7.05. The molecule has 4 amide bonds. The molecule has 2 N–H and O–H groups in total. The van der Waals surface area contributed by atoms with Crippen molar-refractivity contribution in [1.29, 1.82) is 0 Å². The molecule has 7 nitrogen and oxygen atoms in total. The summed E-state index contributed by atoms with van der Waals surface area (Å²) in [6.45, 7) is -0.122. The number of halogens is 2. The van der Waals surface area contributed by atoms with E-state index in [0.29, 0.717) is 5.56 Å². The van der Waals surface area contributed by atoms with Crippen LogP contribution >= 0.6 is 0 Å². The summed E-state index contributed by atoms with van der Waals surface area (Å²) in [4.78, 5) is 38.5. The summed E-state index contributed by atoms with van der Waals surface area (Å²) < 4.78 is 28.9. The van der Waals surface area contributed by atoms with Gasteiger partial charge in [-0.2, -0.15) is 8.78 Å². The van der Waals surface area contributed by atoms with E-state index >= 15 is 0 Å². The van der Waals surface area contributed by atoms with Crippen LogP contribution in [0.15, 0.2) is 54.6 Å². The van der Waals surface area contributed by atoms with Crippen molar-refractivity contribution in [2.45, 2.75) is 32.0 Å². The van der Waals surface area contributed by atoms with Crippen LogP contribution < -0.4 is 15.4 Å². The zero-order chi connectivity index (χ0) is 21.9. The molecule has 1 aliphatic heterocycles. The Hall–Kier alpha value is -3.49. The average molecular weight is 417 g/mol. The highest BCUT2D eigenvalue weighted by Crippen LogP contribution is 2.30. The number of rotatable bonds is 7. The van der Waals surface area contributed by atoms with Crippen molar-refractivity contribution in [2.24, 2.45) is 0 Å². The summed E-state index contributed by atoms with van der Waals surface area (Å²) in [5.74, 6) is -1.17. The monoisotopic (exact) mass is 417 g/mol. The first kappa shape index (κ1) is 21.2. The first-order valence-corrected chi connectivity index (χ1v) is 9.24. The summed E-state index contributed by atoms with van der Waals surface area (Å²) in [5, 5.41) is 5.32. The molecular formula is C21H21F2N3O4. The number of hydrogen-bond acceptors (Lipinski definition) is 4. The molecule has 3 rings (SSSR count). The van der Waals surface area contributed by atoms with E-state index in [1.807, 2.05) is 30.3 Å². The number of benzene rings is 2. The molecule has 2 unspecified atom stereocenters. The SMILES string of the molecule is CC(NC(=O)CN1C(=O)NC(C)(c2ccc(OC(F)F)cc2)C1=O)c1ccccc1. The topological polar surface area (TPSA) is 87.7 Å². The molecule has 2 aromatic rings. The van der Waals surface area contributed by atoms with E-state index < -0.39 is 36.5 Å². The Morgan fingerprint density at radius 3 is 2.37 bits per heavy atom. The second-order valence-corrected chi connectivity index (χ2v) is 7.05. The van der Waals surface area contributed by atoms with Gasteiger partial charge >= 0.3 is 12.6 Å². The van der Waals surface area contributed by atoms with Crippen LogP contribution in [0.2, 0.25) is 0 Å². The van der Waals surface area contributed by atoms with Crippen molar-refractivity contribution >= 4 is 17.8 Å². The predicted octanol–water partition coefficient (Wildman–Crippen LogP) is 2.93. The van der Waals surface area contributed by atoms with E-state index in [4.69, 9.17) is 0 Å². The lowest BCUT2D eigenvalue weighted by Crippen LogP contribution is -2.43. The van der Waals surface area contributed by atoms with Crippen molar-refractivity contribution in [3.8, 4) is 5.75 Å². The number of urea groups is 1. The first-order valence-electron chi connectivity index (χ1n) is 9.24. The molecule has 9 heteroatoms. The molecule has 0 spiro atoms. The fraction of sp³-hybridized carbons (Fsp3) is 0.286. The molecule has 1 heterocycles. The third-order valence-corrected chi connectivity index (χ3v) is 4.91. The van der Waals surface area contributed by atoms with E-state index in [1.165, 1.54) is 31.2 Å². The van der Waals surface area contributed by atoms with Crippen LogP contribution in [0.3, 0.4) is 0 Å². The Kier molecular flexibility index (Phi) is 6.00. The van der Waals surface area contributed by atoms with Gasteiger partial charge in [0.1, 0.15) is 17.8 Å². The van der Waals surface area contributed by atoms with Crippen LogP contribution in [0.25, 0.3) is 0 Å². The van der Waals surface area contributed by atoms with Gasteiger partial charge in [-0.15, -0.1) is 0 Å². The van der Waals surface area contributed by atoms with E-state index in [2.05, 4.69) is 15.4 Å². The van der Waals surface area contributed by atoms with Gasteiger partial charge in [0, 0.05) is 0 Å². The molecule has 158 valence electrons. The highest BCUT2D eigenvalue weighted by Gasteiger charge is 2.49. The minimum atomic E-state index is -2.97. The van der Waals surface area contributed by atoms with Gasteiger partial charge in [-0.3, -0.25) is 14.5 Å². The van der Waals surface area contributed by atoms with Gasteiger partial charge in [0.2, 0.25) is 5.91 Å². The van der Waals surface area contributed by atoms with E-state index in [9.17, 15) is 23.2 Å². The Morgan fingerprint density at radius 2 is 1.77 bits per heavy atom. The number of carbonyl (C=O) groups excluding carboxylic acids is 3. The lowest BCUT2D eigenvalue weighted by atomic mass is 9.92. The summed E-state index contributed by atoms with van der Waals surface area (Å²) in [6.07, 6.45) is 0. The Balaban J connectivity index is 1.68. The number of alkyl halides is 2. The Bertz CT molecular complexity index is 937. The summed E-state index contributed by atoms with van der Waals surface area (Å²) >= 11 is 0. The zero-order valence-corrected chi connectivity index (χ0v) is 16.4. The van der Waals surface area contributed by atoms with Crippen molar-refractivity contribution < 1.29 is 27.9 Å². The number of hydrogen-bond donors (Lipinski definition) is 2. The molecule has 0 bridgehead atoms. The Labute approximate surface area is 172 Å². The molecule has 1 aliphatic rings. The van der Waals surface area contributed by atoms with E-state index in [1.54, 1.807) is 6.92 Å². The molecule has 0 aromatic heterocycles. The second kappa shape index (κ2) is 8.48. The third-order valence-electron chi connectivity index (χ3n) is 4.91. The van der Waals surface area contributed by atoms with Gasteiger partial charge in [-0.1, -0.05) is 42.5 Å². The molecule has 0 aliphatic carbocycles. The van der Waals surface area contributed by atoms with Gasteiger partial charge in [0.05, 0.1) is 6.04 Å². The standard InChI is InChI=1S/C21H21F2N3O4/c1-13(14-6-4-3-5-7-14)24-17(27)12-26-18(28)21(2,25-20(26)29)15-8-10-16(11-9-15)30-19(22)23/h3-11,13,19H,12H2,1-2H3,(H,24,27)(H,25,29).